The number of aryl methyl sites for hydroxylation is 1. The summed E-state index contributed by atoms with van der Waals surface area (Å²) in [4.78, 5) is 0. The summed E-state index contributed by atoms with van der Waals surface area (Å²) in [5, 5.41) is 7.85. The molecular formula is C13H25N3S. The van der Waals surface area contributed by atoms with Gasteiger partial charge in [-0.05, 0) is 13.0 Å². The van der Waals surface area contributed by atoms with Gasteiger partial charge in [-0.15, -0.1) is 0 Å². The van der Waals surface area contributed by atoms with Crippen molar-refractivity contribution in [1.82, 2.24) is 15.1 Å². The van der Waals surface area contributed by atoms with Crippen LogP contribution in [0.4, 0.5) is 0 Å². The molecule has 1 rings (SSSR count). The monoisotopic (exact) mass is 255 g/mol. The van der Waals surface area contributed by atoms with Gasteiger partial charge >= 0.3 is 0 Å². The molecule has 3 nitrogen and oxygen atoms in total. The van der Waals surface area contributed by atoms with Gasteiger partial charge in [0.1, 0.15) is 0 Å². The average Bonchev–Trinajstić information content (AvgIpc) is 2.63. The quantitative estimate of drug-likeness (QED) is 0.847. The Hall–Kier alpha value is -0.480. The average molecular weight is 255 g/mol. The Labute approximate surface area is 109 Å². The number of nitrogens with one attached hydrogen (secondary N) is 1. The number of nitrogens with zero attached hydrogens (tertiary/aromatic N) is 2. The van der Waals surface area contributed by atoms with Gasteiger partial charge in [0.25, 0.3) is 0 Å². The zero-order valence-corrected chi connectivity index (χ0v) is 12.5. The Balaban J connectivity index is 2.60. The van der Waals surface area contributed by atoms with Gasteiger partial charge in [-0.25, -0.2) is 0 Å². The minimum Gasteiger partial charge on any atom is -0.309 e. The highest BCUT2D eigenvalue weighted by molar-refractivity contribution is 8.00. The molecule has 0 amide bonds. The van der Waals surface area contributed by atoms with E-state index >= 15 is 0 Å². The van der Waals surface area contributed by atoms with Crippen molar-refractivity contribution in [1.29, 1.82) is 0 Å². The molecule has 0 aliphatic carbocycles. The first-order valence-corrected chi connectivity index (χ1v) is 7.27. The summed E-state index contributed by atoms with van der Waals surface area (Å²) >= 11 is 2.00. The lowest BCUT2D eigenvalue weighted by Gasteiger charge is -2.23. The minimum atomic E-state index is 0.314. The van der Waals surface area contributed by atoms with Crippen LogP contribution in [0.15, 0.2) is 12.4 Å². The fourth-order valence-electron chi connectivity index (χ4n) is 1.54. The van der Waals surface area contributed by atoms with Crippen molar-refractivity contribution < 1.29 is 0 Å². The van der Waals surface area contributed by atoms with Crippen LogP contribution in [0.2, 0.25) is 0 Å². The highest BCUT2D eigenvalue weighted by Gasteiger charge is 2.17. The second-order valence-corrected chi connectivity index (χ2v) is 7.22. The van der Waals surface area contributed by atoms with E-state index in [9.17, 15) is 0 Å². The number of thioether (sulfide) groups is 1. The number of rotatable bonds is 6. The molecule has 0 saturated heterocycles. The highest BCUT2D eigenvalue weighted by atomic mass is 32.2. The fourth-order valence-corrected chi connectivity index (χ4v) is 2.52. The molecule has 4 heteroatoms. The molecular weight excluding hydrogens is 230 g/mol. The largest absolute Gasteiger partial charge is 0.309 e. The Morgan fingerprint density at radius 3 is 2.65 bits per heavy atom. The third-order valence-electron chi connectivity index (χ3n) is 2.45. The van der Waals surface area contributed by atoms with Gasteiger partial charge in [0.2, 0.25) is 0 Å². The second-order valence-electron chi connectivity index (χ2n) is 5.38. The zero-order chi connectivity index (χ0) is 12.9. The van der Waals surface area contributed by atoms with E-state index in [-0.39, 0.29) is 0 Å². The molecule has 0 radical (unpaired) electrons. The van der Waals surface area contributed by atoms with Crippen LogP contribution in [-0.4, -0.2) is 26.8 Å². The lowest BCUT2D eigenvalue weighted by Crippen LogP contribution is -2.25. The van der Waals surface area contributed by atoms with Gasteiger partial charge in [0.05, 0.1) is 6.20 Å². The molecule has 0 bridgehead atoms. The summed E-state index contributed by atoms with van der Waals surface area (Å²) in [5.74, 6) is 1.09. The van der Waals surface area contributed by atoms with E-state index in [4.69, 9.17) is 0 Å². The van der Waals surface area contributed by atoms with Crippen molar-refractivity contribution in [2.24, 2.45) is 7.05 Å². The van der Waals surface area contributed by atoms with Crippen LogP contribution >= 0.6 is 11.8 Å². The highest BCUT2D eigenvalue weighted by Crippen LogP contribution is 2.28. The lowest BCUT2D eigenvalue weighted by molar-refractivity contribution is 0.575. The van der Waals surface area contributed by atoms with Crippen LogP contribution in [0.25, 0.3) is 0 Å². The van der Waals surface area contributed by atoms with E-state index in [2.05, 4.69) is 44.3 Å². The predicted octanol–water partition coefficient (Wildman–Crippen LogP) is 2.99. The third-order valence-corrected chi connectivity index (χ3v) is 3.82. The first kappa shape index (κ1) is 14.6. The molecule has 17 heavy (non-hydrogen) atoms. The molecule has 0 fully saturated rings. The third kappa shape index (κ3) is 5.59. The maximum Gasteiger partial charge on any atom is 0.0537 e. The Morgan fingerprint density at radius 1 is 1.47 bits per heavy atom. The number of hydrogen-bond donors (Lipinski definition) is 1. The smallest absolute Gasteiger partial charge is 0.0537 e. The van der Waals surface area contributed by atoms with E-state index in [1.165, 1.54) is 5.56 Å². The van der Waals surface area contributed by atoms with Gasteiger partial charge in [0, 0.05) is 35.3 Å². The van der Waals surface area contributed by atoms with Crippen LogP contribution in [0.1, 0.15) is 45.7 Å². The topological polar surface area (TPSA) is 29.9 Å². The maximum atomic E-state index is 4.26. The summed E-state index contributed by atoms with van der Waals surface area (Å²) in [6.07, 6.45) is 5.24. The molecule has 1 aromatic heterocycles. The first-order chi connectivity index (χ1) is 7.92. The minimum absolute atomic E-state index is 0.314. The van der Waals surface area contributed by atoms with Crippen LogP contribution in [0.5, 0.6) is 0 Å². The van der Waals surface area contributed by atoms with E-state index in [1.807, 2.05) is 29.7 Å². The molecule has 0 spiro atoms. The van der Waals surface area contributed by atoms with Crippen LogP contribution in [0, 0.1) is 0 Å². The van der Waals surface area contributed by atoms with E-state index in [0.717, 1.165) is 18.7 Å². The summed E-state index contributed by atoms with van der Waals surface area (Å²) < 4.78 is 2.19. The molecule has 1 heterocycles. The zero-order valence-electron chi connectivity index (χ0n) is 11.7. The Kier molecular flexibility index (Phi) is 5.53. The molecule has 0 aromatic carbocycles. The SMILES string of the molecule is CCCNC(CSC(C)(C)C)c1cnn(C)c1. The number of aromatic nitrogens is 2. The summed E-state index contributed by atoms with van der Waals surface area (Å²) in [6, 6.07) is 0.410. The van der Waals surface area contributed by atoms with Gasteiger partial charge in [0.15, 0.2) is 0 Å². The first-order valence-electron chi connectivity index (χ1n) is 6.28. The van der Waals surface area contributed by atoms with E-state index < -0.39 is 0 Å². The van der Waals surface area contributed by atoms with Gasteiger partial charge in [-0.3, -0.25) is 4.68 Å². The van der Waals surface area contributed by atoms with Gasteiger partial charge < -0.3 is 5.32 Å². The molecule has 98 valence electrons. The molecule has 1 unspecified atom stereocenters. The summed E-state index contributed by atoms with van der Waals surface area (Å²) in [7, 11) is 1.97. The maximum absolute atomic E-state index is 4.26. The predicted molar refractivity (Wildman–Crippen MR) is 76.5 cm³/mol. The van der Waals surface area contributed by atoms with E-state index in [1.54, 1.807) is 0 Å². The molecule has 1 atom stereocenters. The van der Waals surface area contributed by atoms with Crippen molar-refractivity contribution in [3.8, 4) is 0 Å². The van der Waals surface area contributed by atoms with E-state index in [0.29, 0.717) is 10.8 Å². The molecule has 0 saturated carbocycles. The van der Waals surface area contributed by atoms with Crippen molar-refractivity contribution in [3.05, 3.63) is 18.0 Å². The fraction of sp³-hybridized carbons (Fsp3) is 0.769. The summed E-state index contributed by atoms with van der Waals surface area (Å²) in [5.41, 5.74) is 1.29. The van der Waals surface area contributed by atoms with Crippen molar-refractivity contribution in [3.63, 3.8) is 0 Å². The molecule has 1 aromatic rings. The lowest BCUT2D eigenvalue weighted by atomic mass is 10.2. The van der Waals surface area contributed by atoms with Crippen molar-refractivity contribution in [2.45, 2.75) is 44.9 Å². The molecule has 0 aliphatic heterocycles. The molecule has 1 N–H and O–H groups in total. The van der Waals surface area contributed by atoms with Crippen LogP contribution in [0.3, 0.4) is 0 Å². The standard InChI is InChI=1S/C13H25N3S/c1-6-7-14-12(10-17-13(2,3)4)11-8-15-16(5)9-11/h8-9,12,14H,6-7,10H2,1-5H3. The second kappa shape index (κ2) is 6.45. The molecule has 0 aliphatic rings. The Morgan fingerprint density at radius 2 is 2.18 bits per heavy atom. The van der Waals surface area contributed by atoms with Gasteiger partial charge in [-0.1, -0.05) is 27.7 Å². The normalized spacial score (nSPS) is 13.9. The van der Waals surface area contributed by atoms with Crippen molar-refractivity contribution in [2.75, 3.05) is 12.3 Å². The number of hydrogen-bond acceptors (Lipinski definition) is 3. The van der Waals surface area contributed by atoms with Crippen molar-refractivity contribution >= 4 is 11.8 Å². The Bertz CT molecular complexity index is 328. The van der Waals surface area contributed by atoms with Crippen LogP contribution in [-0.2, 0) is 7.05 Å². The van der Waals surface area contributed by atoms with Crippen LogP contribution < -0.4 is 5.32 Å². The van der Waals surface area contributed by atoms with Gasteiger partial charge in [-0.2, -0.15) is 16.9 Å². The summed E-state index contributed by atoms with van der Waals surface area (Å²) in [6.45, 7) is 10.0.